The van der Waals surface area contributed by atoms with Crippen LogP contribution in [0.5, 0.6) is 5.75 Å². The van der Waals surface area contributed by atoms with E-state index in [1.165, 1.54) is 17.0 Å². The molecule has 214 valence electrons. The normalized spacial score (nSPS) is 11.9. The quantitative estimate of drug-likeness (QED) is 0.259. The maximum atomic E-state index is 14.0. The molecule has 0 saturated carbocycles. The van der Waals surface area contributed by atoms with Gasteiger partial charge >= 0.3 is 0 Å². The van der Waals surface area contributed by atoms with Gasteiger partial charge in [0.05, 0.1) is 17.7 Å². The minimum atomic E-state index is -4.12. The molecule has 0 aromatic heterocycles. The first-order valence-electron chi connectivity index (χ1n) is 13.1. The number of nitrogens with zero attached hydrogens (tertiary/aromatic N) is 2. The van der Waals surface area contributed by atoms with Crippen molar-refractivity contribution in [3.63, 3.8) is 0 Å². The van der Waals surface area contributed by atoms with Crippen LogP contribution >= 0.6 is 15.9 Å². The maximum Gasteiger partial charge on any atom is 0.264 e. The second-order valence-corrected chi connectivity index (χ2v) is 12.3. The van der Waals surface area contributed by atoms with Crippen LogP contribution in [-0.4, -0.2) is 51.4 Å². The van der Waals surface area contributed by atoms with Crippen molar-refractivity contribution in [1.82, 2.24) is 10.2 Å². The van der Waals surface area contributed by atoms with Gasteiger partial charge in [0.15, 0.2) is 0 Å². The fourth-order valence-corrected chi connectivity index (χ4v) is 5.88. The van der Waals surface area contributed by atoms with Gasteiger partial charge in [-0.05, 0) is 68.3 Å². The summed E-state index contributed by atoms with van der Waals surface area (Å²) in [5, 5.41) is 2.89. The van der Waals surface area contributed by atoms with Crippen molar-refractivity contribution < 1.29 is 22.7 Å². The predicted octanol–water partition coefficient (Wildman–Crippen LogP) is 5.30. The maximum absolute atomic E-state index is 14.0. The van der Waals surface area contributed by atoms with Gasteiger partial charge in [-0.1, -0.05) is 65.2 Å². The van der Waals surface area contributed by atoms with Crippen molar-refractivity contribution in [2.75, 3.05) is 24.5 Å². The number of rotatable bonds is 13. The number of halogens is 1. The Morgan fingerprint density at radius 3 is 2.38 bits per heavy atom. The summed E-state index contributed by atoms with van der Waals surface area (Å²) in [5.74, 6) is -0.209. The molecule has 2 amide bonds. The van der Waals surface area contributed by atoms with Crippen LogP contribution in [0.3, 0.4) is 0 Å². The number of aryl methyl sites for hydroxylation is 1. The van der Waals surface area contributed by atoms with Crippen LogP contribution in [0.2, 0.25) is 0 Å². The van der Waals surface area contributed by atoms with E-state index in [0.29, 0.717) is 22.5 Å². The van der Waals surface area contributed by atoms with E-state index < -0.39 is 28.5 Å². The summed E-state index contributed by atoms with van der Waals surface area (Å²) in [6, 6.07) is 19.6. The van der Waals surface area contributed by atoms with E-state index in [2.05, 4.69) is 21.2 Å². The SMILES string of the molecule is CCCCNC(=O)C(C)N(Cc1cccc(OC)c1)C(=O)CN(c1cccc(Br)c1)S(=O)(=O)c1ccc(C)cc1. The van der Waals surface area contributed by atoms with Gasteiger partial charge in [0.25, 0.3) is 10.0 Å². The summed E-state index contributed by atoms with van der Waals surface area (Å²) >= 11 is 3.41. The fraction of sp³-hybridized carbons (Fsp3) is 0.333. The average Bonchev–Trinajstić information content (AvgIpc) is 2.94. The summed E-state index contributed by atoms with van der Waals surface area (Å²) in [4.78, 5) is 28.5. The van der Waals surface area contributed by atoms with Gasteiger partial charge in [0.2, 0.25) is 11.8 Å². The summed E-state index contributed by atoms with van der Waals surface area (Å²) in [6.45, 7) is 5.64. The molecule has 0 aliphatic carbocycles. The summed E-state index contributed by atoms with van der Waals surface area (Å²) in [7, 11) is -2.57. The molecule has 0 aliphatic rings. The Kier molecular flexibility index (Phi) is 11.2. The molecule has 3 rings (SSSR count). The number of ether oxygens (including phenoxy) is 1. The van der Waals surface area contributed by atoms with Gasteiger partial charge < -0.3 is 15.0 Å². The molecule has 0 bridgehead atoms. The summed E-state index contributed by atoms with van der Waals surface area (Å²) in [6.07, 6.45) is 1.73. The van der Waals surface area contributed by atoms with Crippen LogP contribution in [0.25, 0.3) is 0 Å². The van der Waals surface area contributed by atoms with E-state index in [1.54, 1.807) is 68.6 Å². The van der Waals surface area contributed by atoms with E-state index in [0.717, 1.165) is 28.3 Å². The second kappa shape index (κ2) is 14.3. The molecule has 0 saturated heterocycles. The van der Waals surface area contributed by atoms with Crippen molar-refractivity contribution in [2.45, 2.75) is 51.1 Å². The summed E-state index contributed by atoms with van der Waals surface area (Å²) < 4.78 is 34.8. The number of unbranched alkanes of at least 4 members (excludes halogenated alkanes) is 1. The van der Waals surface area contributed by atoms with E-state index in [4.69, 9.17) is 4.74 Å². The fourth-order valence-electron chi connectivity index (χ4n) is 4.08. The molecule has 1 unspecified atom stereocenters. The average molecular weight is 631 g/mol. The minimum absolute atomic E-state index is 0.0654. The van der Waals surface area contributed by atoms with Crippen LogP contribution in [0.1, 0.15) is 37.8 Å². The summed E-state index contributed by atoms with van der Waals surface area (Å²) in [5.41, 5.74) is 1.98. The first-order valence-corrected chi connectivity index (χ1v) is 15.3. The van der Waals surface area contributed by atoms with E-state index in [-0.39, 0.29) is 17.3 Å². The monoisotopic (exact) mass is 629 g/mol. The number of carbonyl (C=O) groups is 2. The molecule has 3 aromatic carbocycles. The van der Waals surface area contributed by atoms with Crippen molar-refractivity contribution >= 4 is 43.5 Å². The third kappa shape index (κ3) is 8.08. The molecular formula is C30H36BrN3O5S. The third-order valence-corrected chi connectivity index (χ3v) is 8.75. The Labute approximate surface area is 245 Å². The van der Waals surface area contributed by atoms with Crippen molar-refractivity contribution in [3.8, 4) is 5.75 Å². The molecule has 3 aromatic rings. The molecule has 8 nitrogen and oxygen atoms in total. The van der Waals surface area contributed by atoms with E-state index in [1.807, 2.05) is 19.9 Å². The number of anilines is 1. The molecule has 0 heterocycles. The lowest BCUT2D eigenvalue weighted by molar-refractivity contribution is -0.139. The predicted molar refractivity (Wildman–Crippen MR) is 161 cm³/mol. The highest BCUT2D eigenvalue weighted by Crippen LogP contribution is 2.27. The van der Waals surface area contributed by atoms with Gasteiger partial charge in [-0.25, -0.2) is 8.42 Å². The Morgan fingerprint density at radius 2 is 1.73 bits per heavy atom. The van der Waals surface area contributed by atoms with E-state index in [9.17, 15) is 18.0 Å². The van der Waals surface area contributed by atoms with Gasteiger partial charge in [-0.3, -0.25) is 13.9 Å². The number of carbonyl (C=O) groups excluding carboxylic acids is 2. The smallest absolute Gasteiger partial charge is 0.264 e. The molecule has 0 radical (unpaired) electrons. The Bertz CT molecular complexity index is 1410. The van der Waals surface area contributed by atoms with Gasteiger partial charge in [-0.15, -0.1) is 0 Å². The van der Waals surface area contributed by atoms with E-state index >= 15 is 0 Å². The molecule has 10 heteroatoms. The van der Waals surface area contributed by atoms with Gasteiger partial charge in [0, 0.05) is 17.6 Å². The van der Waals surface area contributed by atoms with Crippen LogP contribution < -0.4 is 14.4 Å². The third-order valence-electron chi connectivity index (χ3n) is 6.47. The van der Waals surface area contributed by atoms with Crippen molar-refractivity contribution in [1.29, 1.82) is 0 Å². The number of sulfonamides is 1. The molecule has 40 heavy (non-hydrogen) atoms. The first kappa shape index (κ1) is 31.2. The zero-order valence-corrected chi connectivity index (χ0v) is 25.7. The number of amides is 2. The number of hydrogen-bond donors (Lipinski definition) is 1. The zero-order chi connectivity index (χ0) is 29.3. The molecular weight excluding hydrogens is 594 g/mol. The van der Waals surface area contributed by atoms with Gasteiger partial charge in [0.1, 0.15) is 18.3 Å². The molecule has 0 aliphatic heterocycles. The first-order chi connectivity index (χ1) is 19.1. The number of methoxy groups -OCH3 is 1. The second-order valence-electron chi connectivity index (χ2n) is 9.50. The van der Waals surface area contributed by atoms with Crippen molar-refractivity contribution in [2.24, 2.45) is 0 Å². The van der Waals surface area contributed by atoms with Crippen LogP contribution in [-0.2, 0) is 26.2 Å². The Hall–Kier alpha value is -3.37. The van der Waals surface area contributed by atoms with Crippen LogP contribution in [0.4, 0.5) is 5.69 Å². The topological polar surface area (TPSA) is 96.0 Å². The lowest BCUT2D eigenvalue weighted by Gasteiger charge is -2.32. The largest absolute Gasteiger partial charge is 0.497 e. The molecule has 1 N–H and O–H groups in total. The number of hydrogen-bond acceptors (Lipinski definition) is 5. The number of benzene rings is 3. The number of nitrogens with one attached hydrogen (secondary N) is 1. The van der Waals surface area contributed by atoms with Crippen LogP contribution in [0, 0.1) is 6.92 Å². The van der Waals surface area contributed by atoms with Gasteiger partial charge in [-0.2, -0.15) is 0 Å². The molecule has 1 atom stereocenters. The highest BCUT2D eigenvalue weighted by molar-refractivity contribution is 9.10. The molecule has 0 spiro atoms. The standard InChI is InChI=1S/C30H36BrN3O5S/c1-5-6-17-32-30(36)23(3)33(20-24-9-7-12-27(18-24)39-4)29(35)21-34(26-11-8-10-25(31)19-26)40(37,38)28-15-13-22(2)14-16-28/h7-16,18-19,23H,5-6,17,20-21H2,1-4H3,(H,32,36). The van der Waals surface area contributed by atoms with Crippen LogP contribution in [0.15, 0.2) is 82.2 Å². The lowest BCUT2D eigenvalue weighted by Crippen LogP contribution is -2.51. The minimum Gasteiger partial charge on any atom is -0.497 e. The highest BCUT2D eigenvalue weighted by Gasteiger charge is 2.32. The van der Waals surface area contributed by atoms with Crippen molar-refractivity contribution in [3.05, 3.63) is 88.4 Å². The zero-order valence-electron chi connectivity index (χ0n) is 23.3. The highest BCUT2D eigenvalue weighted by atomic mass is 79.9. The molecule has 0 fully saturated rings. The Morgan fingerprint density at radius 1 is 1.02 bits per heavy atom. The lowest BCUT2D eigenvalue weighted by atomic mass is 10.1. The Balaban J connectivity index is 2.01.